The molecule has 0 aromatic carbocycles. The third-order valence-corrected chi connectivity index (χ3v) is 2.00. The molecule has 0 unspecified atom stereocenters. The first-order valence-electron chi connectivity index (χ1n) is 5.56. The molecule has 0 fully saturated rings. The van der Waals surface area contributed by atoms with Crippen LogP contribution < -0.4 is 11.1 Å². The van der Waals surface area contributed by atoms with Crippen LogP contribution >= 0.6 is 0 Å². The van der Waals surface area contributed by atoms with E-state index in [9.17, 15) is 5.11 Å². The zero-order chi connectivity index (χ0) is 13.3. The van der Waals surface area contributed by atoms with Crippen LogP contribution in [0.2, 0.25) is 0 Å². The molecule has 17 heavy (non-hydrogen) atoms. The molecule has 0 aliphatic carbocycles. The molecule has 0 radical (unpaired) electrons. The topological polar surface area (TPSA) is 97.0 Å². The lowest BCUT2D eigenvalue weighted by Crippen LogP contribution is -2.30. The Bertz CT molecular complexity index is 392. The minimum absolute atomic E-state index is 0.183. The summed E-state index contributed by atoms with van der Waals surface area (Å²) < 4.78 is 0. The molecule has 96 valence electrons. The smallest absolute Gasteiger partial charge is 0.227 e. The van der Waals surface area contributed by atoms with Crippen LogP contribution in [0.3, 0.4) is 0 Å². The van der Waals surface area contributed by atoms with Gasteiger partial charge in [-0.05, 0) is 13.8 Å². The lowest BCUT2D eigenvalue weighted by molar-refractivity contribution is 0.0943. The molecule has 6 nitrogen and oxygen atoms in total. The normalized spacial score (nSPS) is 12.6. The largest absolute Gasteiger partial charge is 0.389 e. The van der Waals surface area contributed by atoms with Crippen molar-refractivity contribution in [2.24, 2.45) is 0 Å². The van der Waals surface area contributed by atoms with Gasteiger partial charge in [-0.3, -0.25) is 0 Å². The molecule has 0 aliphatic heterocycles. The Hall–Kier alpha value is -1.43. The second-order valence-electron chi connectivity index (χ2n) is 5.76. The fourth-order valence-electron chi connectivity index (χ4n) is 1.10. The number of nitrogens with one attached hydrogen (secondary N) is 1. The third kappa shape index (κ3) is 4.52. The van der Waals surface area contributed by atoms with Crippen molar-refractivity contribution >= 4 is 11.9 Å². The Morgan fingerprint density at radius 1 is 1.12 bits per heavy atom. The number of anilines is 2. The molecule has 0 saturated heterocycles. The molecule has 0 saturated carbocycles. The van der Waals surface area contributed by atoms with Crippen molar-refractivity contribution in [3.8, 4) is 0 Å². The average molecular weight is 239 g/mol. The van der Waals surface area contributed by atoms with Crippen LogP contribution in [0.4, 0.5) is 11.9 Å². The summed E-state index contributed by atoms with van der Waals surface area (Å²) in [6.45, 7) is 9.76. The van der Waals surface area contributed by atoms with Gasteiger partial charge in [-0.25, -0.2) is 0 Å². The zero-order valence-electron chi connectivity index (χ0n) is 11.1. The molecule has 1 aromatic heterocycles. The molecular formula is C11H21N5O. The first kappa shape index (κ1) is 13.6. The molecule has 1 aromatic rings. The van der Waals surface area contributed by atoms with Crippen LogP contribution in [0, 0.1) is 0 Å². The third-order valence-electron chi connectivity index (χ3n) is 2.00. The molecule has 0 atom stereocenters. The van der Waals surface area contributed by atoms with E-state index in [0.717, 1.165) is 0 Å². The molecule has 0 bridgehead atoms. The van der Waals surface area contributed by atoms with Crippen LogP contribution in [-0.2, 0) is 5.41 Å². The second-order valence-corrected chi connectivity index (χ2v) is 5.76. The Labute approximate surface area is 102 Å². The second kappa shape index (κ2) is 4.44. The summed E-state index contributed by atoms with van der Waals surface area (Å²) in [7, 11) is 0. The van der Waals surface area contributed by atoms with Crippen molar-refractivity contribution in [2.45, 2.75) is 45.6 Å². The fourth-order valence-corrected chi connectivity index (χ4v) is 1.10. The average Bonchev–Trinajstić information content (AvgIpc) is 2.11. The van der Waals surface area contributed by atoms with Gasteiger partial charge in [0.2, 0.25) is 11.9 Å². The molecule has 0 spiro atoms. The van der Waals surface area contributed by atoms with Gasteiger partial charge in [0.05, 0.1) is 5.60 Å². The number of nitrogen functional groups attached to an aromatic ring is 1. The van der Waals surface area contributed by atoms with Crippen LogP contribution in [0.25, 0.3) is 0 Å². The van der Waals surface area contributed by atoms with Crippen LogP contribution in [0.1, 0.15) is 40.4 Å². The Morgan fingerprint density at radius 2 is 1.71 bits per heavy atom. The quantitative estimate of drug-likeness (QED) is 0.726. The molecule has 6 heteroatoms. The van der Waals surface area contributed by atoms with Gasteiger partial charge >= 0.3 is 0 Å². The molecule has 1 heterocycles. The summed E-state index contributed by atoms with van der Waals surface area (Å²) in [5, 5.41) is 12.6. The summed E-state index contributed by atoms with van der Waals surface area (Å²) in [6.07, 6.45) is 0. The number of hydrogen-bond acceptors (Lipinski definition) is 6. The maximum atomic E-state index is 9.61. The minimum atomic E-state index is -0.830. The number of aliphatic hydroxyl groups is 1. The fraction of sp³-hybridized carbons (Fsp3) is 0.727. The van der Waals surface area contributed by atoms with Crippen molar-refractivity contribution < 1.29 is 5.11 Å². The number of nitrogens with zero attached hydrogens (tertiary/aromatic N) is 3. The number of hydrogen-bond donors (Lipinski definition) is 3. The van der Waals surface area contributed by atoms with Gasteiger partial charge in [0.1, 0.15) is 5.82 Å². The van der Waals surface area contributed by atoms with Crippen molar-refractivity contribution in [2.75, 3.05) is 17.6 Å². The SMILES string of the molecule is CC(C)(O)CNc1nc(N)nc(C(C)(C)C)n1. The summed E-state index contributed by atoms with van der Waals surface area (Å²) in [6, 6.07) is 0. The predicted octanol–water partition coefficient (Wildman–Crippen LogP) is 0.934. The Kier molecular flexibility index (Phi) is 3.56. The van der Waals surface area contributed by atoms with E-state index in [1.165, 1.54) is 0 Å². The maximum absolute atomic E-state index is 9.61. The van der Waals surface area contributed by atoms with E-state index < -0.39 is 5.60 Å². The summed E-state index contributed by atoms with van der Waals surface area (Å²) in [4.78, 5) is 12.4. The van der Waals surface area contributed by atoms with Gasteiger partial charge in [-0.15, -0.1) is 0 Å². The van der Waals surface area contributed by atoms with Crippen molar-refractivity contribution in [3.63, 3.8) is 0 Å². The molecular weight excluding hydrogens is 218 g/mol. The highest BCUT2D eigenvalue weighted by atomic mass is 16.3. The van der Waals surface area contributed by atoms with Crippen LogP contribution in [0.5, 0.6) is 0 Å². The van der Waals surface area contributed by atoms with Crippen LogP contribution in [0.15, 0.2) is 0 Å². The zero-order valence-corrected chi connectivity index (χ0v) is 11.1. The monoisotopic (exact) mass is 239 g/mol. The molecule has 0 aliphatic rings. The van der Waals surface area contributed by atoms with E-state index in [-0.39, 0.29) is 11.4 Å². The number of aromatic nitrogens is 3. The maximum Gasteiger partial charge on any atom is 0.227 e. The van der Waals surface area contributed by atoms with E-state index in [4.69, 9.17) is 5.73 Å². The van der Waals surface area contributed by atoms with E-state index in [0.29, 0.717) is 18.3 Å². The van der Waals surface area contributed by atoms with Gasteiger partial charge in [0, 0.05) is 12.0 Å². The van der Waals surface area contributed by atoms with E-state index >= 15 is 0 Å². The van der Waals surface area contributed by atoms with Gasteiger partial charge in [0.25, 0.3) is 0 Å². The number of nitrogens with two attached hydrogens (primary N) is 1. The minimum Gasteiger partial charge on any atom is -0.389 e. The summed E-state index contributed by atoms with van der Waals surface area (Å²) in [5.74, 6) is 1.20. The lowest BCUT2D eigenvalue weighted by atomic mass is 9.96. The van der Waals surface area contributed by atoms with Crippen LogP contribution in [-0.4, -0.2) is 32.2 Å². The van der Waals surface area contributed by atoms with Gasteiger partial charge in [-0.2, -0.15) is 15.0 Å². The van der Waals surface area contributed by atoms with E-state index in [1.54, 1.807) is 13.8 Å². The highest BCUT2D eigenvalue weighted by molar-refractivity contribution is 5.32. The highest BCUT2D eigenvalue weighted by Crippen LogP contribution is 2.19. The van der Waals surface area contributed by atoms with E-state index in [2.05, 4.69) is 20.3 Å². The van der Waals surface area contributed by atoms with Gasteiger partial charge in [-0.1, -0.05) is 20.8 Å². The lowest BCUT2D eigenvalue weighted by Gasteiger charge is -2.20. The standard InChI is InChI=1S/C11H21N5O/c1-10(2,3)7-14-8(12)16-9(15-7)13-6-11(4,5)17/h17H,6H2,1-5H3,(H3,12,13,14,15,16). The van der Waals surface area contributed by atoms with Crippen molar-refractivity contribution in [1.82, 2.24) is 15.0 Å². The highest BCUT2D eigenvalue weighted by Gasteiger charge is 2.20. The Balaban J connectivity index is 2.91. The molecule has 1 rings (SSSR count). The Morgan fingerprint density at radius 3 is 2.18 bits per heavy atom. The predicted molar refractivity (Wildman–Crippen MR) is 67.7 cm³/mol. The van der Waals surface area contributed by atoms with Gasteiger partial charge < -0.3 is 16.2 Å². The first-order chi connectivity index (χ1) is 7.58. The van der Waals surface area contributed by atoms with E-state index in [1.807, 2.05) is 20.8 Å². The van der Waals surface area contributed by atoms with Crippen molar-refractivity contribution in [1.29, 1.82) is 0 Å². The number of rotatable bonds is 3. The van der Waals surface area contributed by atoms with Gasteiger partial charge in [0.15, 0.2) is 0 Å². The first-order valence-corrected chi connectivity index (χ1v) is 5.56. The molecule has 4 N–H and O–H groups in total. The van der Waals surface area contributed by atoms with Crippen molar-refractivity contribution in [3.05, 3.63) is 5.82 Å². The summed E-state index contributed by atoms with van der Waals surface area (Å²) in [5.41, 5.74) is 4.61. The summed E-state index contributed by atoms with van der Waals surface area (Å²) >= 11 is 0. The molecule has 0 amide bonds.